The fraction of sp³-hybridized carbons (Fsp3) is 0.625. The van der Waals surface area contributed by atoms with Crippen molar-refractivity contribution < 1.29 is 9.13 Å². The van der Waals surface area contributed by atoms with Gasteiger partial charge in [-0.25, -0.2) is 4.39 Å². The minimum atomic E-state index is -0.168. The van der Waals surface area contributed by atoms with Crippen molar-refractivity contribution in [1.82, 2.24) is 10.2 Å². The molecule has 0 spiro atoms. The summed E-state index contributed by atoms with van der Waals surface area (Å²) in [7, 11) is 0. The van der Waals surface area contributed by atoms with Crippen molar-refractivity contribution >= 4 is 0 Å². The molecular formula is C16H23FN2O. The van der Waals surface area contributed by atoms with Gasteiger partial charge in [-0.1, -0.05) is 6.92 Å². The Bertz CT molecular complexity index is 464. The number of hydrogen-bond donors (Lipinski definition) is 1. The Morgan fingerprint density at radius 3 is 3.20 bits per heavy atom. The molecule has 3 rings (SSSR count). The van der Waals surface area contributed by atoms with E-state index in [-0.39, 0.29) is 11.9 Å². The molecule has 0 amide bonds. The van der Waals surface area contributed by atoms with Gasteiger partial charge in [0.1, 0.15) is 17.7 Å². The number of hydrogen-bond acceptors (Lipinski definition) is 3. The quantitative estimate of drug-likeness (QED) is 0.914. The second kappa shape index (κ2) is 6.10. The third-order valence-electron chi connectivity index (χ3n) is 4.22. The van der Waals surface area contributed by atoms with Gasteiger partial charge < -0.3 is 10.1 Å². The van der Waals surface area contributed by atoms with Gasteiger partial charge in [-0.3, -0.25) is 4.90 Å². The Labute approximate surface area is 120 Å². The van der Waals surface area contributed by atoms with Gasteiger partial charge >= 0.3 is 0 Å². The van der Waals surface area contributed by atoms with Crippen LogP contribution in [0, 0.1) is 5.82 Å². The molecule has 1 aromatic carbocycles. The van der Waals surface area contributed by atoms with E-state index >= 15 is 0 Å². The Morgan fingerprint density at radius 2 is 2.35 bits per heavy atom. The lowest BCUT2D eigenvalue weighted by molar-refractivity contribution is 0.120. The van der Waals surface area contributed by atoms with E-state index in [2.05, 4.69) is 17.1 Å². The van der Waals surface area contributed by atoms with E-state index in [1.807, 2.05) is 0 Å². The van der Waals surface area contributed by atoms with Gasteiger partial charge in [0.25, 0.3) is 0 Å². The van der Waals surface area contributed by atoms with Gasteiger partial charge in [0.15, 0.2) is 0 Å². The lowest BCUT2D eigenvalue weighted by Gasteiger charge is -2.34. The zero-order chi connectivity index (χ0) is 13.9. The van der Waals surface area contributed by atoms with E-state index in [1.54, 1.807) is 12.1 Å². The standard InChI is InChI=1S/C16H23FN2O/c1-2-18-14-4-3-7-19(10-14)11-15-9-12-8-13(17)5-6-16(12)20-15/h5-6,8,14-15,18H,2-4,7,9-11H2,1H3. The summed E-state index contributed by atoms with van der Waals surface area (Å²) < 4.78 is 19.1. The summed E-state index contributed by atoms with van der Waals surface area (Å²) in [6.07, 6.45) is 3.51. The van der Waals surface area contributed by atoms with Gasteiger partial charge in [0.2, 0.25) is 0 Å². The smallest absolute Gasteiger partial charge is 0.123 e. The van der Waals surface area contributed by atoms with Crippen molar-refractivity contribution in [3.8, 4) is 5.75 Å². The molecule has 2 unspecified atom stereocenters. The van der Waals surface area contributed by atoms with Crippen LogP contribution in [0.3, 0.4) is 0 Å². The zero-order valence-electron chi connectivity index (χ0n) is 12.1. The molecule has 3 nitrogen and oxygen atoms in total. The molecule has 0 aliphatic carbocycles. The van der Waals surface area contributed by atoms with Crippen LogP contribution in [0.25, 0.3) is 0 Å². The van der Waals surface area contributed by atoms with Crippen molar-refractivity contribution in [3.63, 3.8) is 0 Å². The first-order chi connectivity index (χ1) is 9.74. The first-order valence-corrected chi connectivity index (χ1v) is 7.65. The van der Waals surface area contributed by atoms with Crippen molar-refractivity contribution in [2.24, 2.45) is 0 Å². The number of piperidine rings is 1. The predicted molar refractivity (Wildman–Crippen MR) is 77.7 cm³/mol. The number of ether oxygens (including phenoxy) is 1. The van der Waals surface area contributed by atoms with E-state index in [4.69, 9.17) is 4.74 Å². The molecule has 0 saturated carbocycles. The minimum absolute atomic E-state index is 0.168. The number of nitrogens with zero attached hydrogens (tertiary/aromatic N) is 1. The van der Waals surface area contributed by atoms with Crippen molar-refractivity contribution in [1.29, 1.82) is 0 Å². The predicted octanol–water partition coefficient (Wildman–Crippen LogP) is 2.20. The van der Waals surface area contributed by atoms with E-state index in [9.17, 15) is 4.39 Å². The maximum Gasteiger partial charge on any atom is 0.123 e. The maximum atomic E-state index is 13.2. The van der Waals surface area contributed by atoms with Gasteiger partial charge in [0.05, 0.1) is 0 Å². The minimum Gasteiger partial charge on any atom is -0.488 e. The van der Waals surface area contributed by atoms with Crippen molar-refractivity contribution in [2.75, 3.05) is 26.2 Å². The van der Waals surface area contributed by atoms with Crippen LogP contribution in [0.5, 0.6) is 5.75 Å². The van der Waals surface area contributed by atoms with Crippen LogP contribution in [0.15, 0.2) is 18.2 Å². The number of rotatable bonds is 4. The average Bonchev–Trinajstić information content (AvgIpc) is 2.81. The highest BCUT2D eigenvalue weighted by Gasteiger charge is 2.27. The third-order valence-corrected chi connectivity index (χ3v) is 4.22. The first kappa shape index (κ1) is 13.8. The fourth-order valence-corrected chi connectivity index (χ4v) is 3.36. The van der Waals surface area contributed by atoms with E-state index in [0.717, 1.165) is 43.9 Å². The number of likely N-dealkylation sites (N-methyl/N-ethyl adjacent to an activating group) is 1. The molecule has 2 heterocycles. The number of fused-ring (bicyclic) bond motifs is 1. The van der Waals surface area contributed by atoms with Crippen LogP contribution in [0.2, 0.25) is 0 Å². The molecule has 110 valence electrons. The van der Waals surface area contributed by atoms with Gasteiger partial charge in [-0.15, -0.1) is 0 Å². The lowest BCUT2D eigenvalue weighted by atomic mass is 10.0. The number of benzene rings is 1. The van der Waals surface area contributed by atoms with Gasteiger partial charge in [-0.05, 0) is 44.1 Å². The van der Waals surface area contributed by atoms with Crippen molar-refractivity contribution in [2.45, 2.75) is 38.3 Å². The zero-order valence-corrected chi connectivity index (χ0v) is 12.1. The largest absolute Gasteiger partial charge is 0.488 e. The molecule has 2 aliphatic rings. The molecule has 2 atom stereocenters. The van der Waals surface area contributed by atoms with Gasteiger partial charge in [0, 0.05) is 31.1 Å². The molecule has 1 saturated heterocycles. The molecular weight excluding hydrogens is 255 g/mol. The molecule has 2 aliphatic heterocycles. The molecule has 0 radical (unpaired) electrons. The highest BCUT2D eigenvalue weighted by atomic mass is 19.1. The Morgan fingerprint density at radius 1 is 1.45 bits per heavy atom. The topological polar surface area (TPSA) is 24.5 Å². The summed E-state index contributed by atoms with van der Waals surface area (Å²) in [5.41, 5.74) is 1.01. The second-order valence-corrected chi connectivity index (χ2v) is 5.85. The molecule has 4 heteroatoms. The van der Waals surface area contributed by atoms with Crippen molar-refractivity contribution in [3.05, 3.63) is 29.6 Å². The number of halogens is 1. The average molecular weight is 278 g/mol. The number of nitrogens with one attached hydrogen (secondary N) is 1. The fourth-order valence-electron chi connectivity index (χ4n) is 3.36. The summed E-state index contributed by atoms with van der Waals surface area (Å²) >= 11 is 0. The molecule has 1 aromatic rings. The Hall–Kier alpha value is -1.13. The maximum absolute atomic E-state index is 13.2. The Balaban J connectivity index is 1.55. The molecule has 0 aromatic heterocycles. The van der Waals surface area contributed by atoms with Gasteiger partial charge in [-0.2, -0.15) is 0 Å². The first-order valence-electron chi connectivity index (χ1n) is 7.65. The highest BCUT2D eigenvalue weighted by Crippen LogP contribution is 2.29. The third kappa shape index (κ3) is 3.13. The van der Waals surface area contributed by atoms with Crippen LogP contribution in [0.4, 0.5) is 4.39 Å². The second-order valence-electron chi connectivity index (χ2n) is 5.85. The molecule has 20 heavy (non-hydrogen) atoms. The molecule has 1 fully saturated rings. The normalized spacial score (nSPS) is 26.3. The van der Waals surface area contributed by atoms with Crippen LogP contribution < -0.4 is 10.1 Å². The monoisotopic (exact) mass is 278 g/mol. The van der Waals surface area contributed by atoms with E-state index < -0.39 is 0 Å². The summed E-state index contributed by atoms with van der Waals surface area (Å²) in [5.74, 6) is 0.690. The van der Waals surface area contributed by atoms with Crippen LogP contribution in [0.1, 0.15) is 25.3 Å². The van der Waals surface area contributed by atoms with E-state index in [1.165, 1.54) is 18.9 Å². The highest BCUT2D eigenvalue weighted by molar-refractivity contribution is 5.37. The van der Waals surface area contributed by atoms with E-state index in [0.29, 0.717) is 6.04 Å². The SMILES string of the molecule is CCNC1CCCN(CC2Cc3cc(F)ccc3O2)C1. The summed E-state index contributed by atoms with van der Waals surface area (Å²) in [6.45, 7) is 6.37. The summed E-state index contributed by atoms with van der Waals surface area (Å²) in [4.78, 5) is 2.48. The molecule has 1 N–H and O–H groups in total. The van der Waals surface area contributed by atoms with Crippen LogP contribution in [-0.4, -0.2) is 43.2 Å². The Kier molecular flexibility index (Phi) is 4.22. The number of likely N-dealkylation sites (tertiary alicyclic amines) is 1. The summed E-state index contributed by atoms with van der Waals surface area (Å²) in [5, 5.41) is 3.53. The van der Waals surface area contributed by atoms with Crippen LogP contribution >= 0.6 is 0 Å². The van der Waals surface area contributed by atoms with Crippen LogP contribution in [-0.2, 0) is 6.42 Å². The lowest BCUT2D eigenvalue weighted by Crippen LogP contribution is -2.48. The summed E-state index contributed by atoms with van der Waals surface area (Å²) in [6, 6.07) is 5.44. The molecule has 0 bridgehead atoms.